The molecule has 0 unspecified atom stereocenters. The van der Waals surface area contributed by atoms with Crippen molar-refractivity contribution in [1.29, 1.82) is 0 Å². The largest absolute Gasteiger partial charge is 0.493 e. The molecule has 7 heteroatoms. The van der Waals surface area contributed by atoms with E-state index in [1.54, 1.807) is 13.8 Å². The number of ether oxygens (including phenoxy) is 3. The molecule has 0 aliphatic heterocycles. The lowest BCUT2D eigenvalue weighted by molar-refractivity contribution is -0.139. The zero-order chi connectivity index (χ0) is 36.5. The molecule has 0 heterocycles. The molecule has 3 aromatic carbocycles. The summed E-state index contributed by atoms with van der Waals surface area (Å²) in [4.78, 5) is 24.2. The molecule has 0 bridgehead atoms. The summed E-state index contributed by atoms with van der Waals surface area (Å²) in [7, 11) is 0. The van der Waals surface area contributed by atoms with E-state index >= 15 is 0 Å². The van der Waals surface area contributed by atoms with Crippen LogP contribution in [0.1, 0.15) is 82.9 Å². The van der Waals surface area contributed by atoms with Gasteiger partial charge in [0.05, 0.1) is 33.0 Å². The molecule has 3 rings (SSSR count). The summed E-state index contributed by atoms with van der Waals surface area (Å²) in [6, 6.07) is 21.3. The first-order valence-electron chi connectivity index (χ1n) is 17.9. The van der Waals surface area contributed by atoms with Crippen LogP contribution in [-0.2, 0) is 38.3 Å². The van der Waals surface area contributed by atoms with Crippen LogP contribution in [0.4, 0.5) is 0 Å². The number of carbonyl (C=O) groups is 2. The van der Waals surface area contributed by atoms with Crippen LogP contribution in [0.15, 0.2) is 85.0 Å². The van der Waals surface area contributed by atoms with Gasteiger partial charge in [0.2, 0.25) is 0 Å². The van der Waals surface area contributed by atoms with Crippen molar-refractivity contribution in [2.45, 2.75) is 85.5 Å². The standard InChI is InChI=1S/C43H56O7/c1-7-9-21-43(29-44,30-45)22-25-48-40-36(17-13-23-49-41(46)31(3)4)27-38(28-37(40)18-14-24-50-42(47)32(5)6)39-20-19-35(26-33(39)8-2)34-15-11-10-12-16-34/h10-12,15-16,19-20,26-28,44-45H,3,5,7-9,13-14,17-18,21-25,29-30H2,1-2,4,6H3. The van der Waals surface area contributed by atoms with Crippen LogP contribution in [0, 0.1) is 5.41 Å². The minimum atomic E-state index is -0.625. The van der Waals surface area contributed by atoms with Gasteiger partial charge in [-0.05, 0) is 110 Å². The smallest absolute Gasteiger partial charge is 0.333 e. The number of esters is 2. The third-order valence-electron chi connectivity index (χ3n) is 9.10. The van der Waals surface area contributed by atoms with Crippen molar-refractivity contribution < 1.29 is 34.0 Å². The highest BCUT2D eigenvalue weighted by atomic mass is 16.5. The monoisotopic (exact) mass is 684 g/mol. The molecule has 7 nitrogen and oxygen atoms in total. The number of aliphatic hydroxyl groups is 2. The van der Waals surface area contributed by atoms with Crippen LogP contribution in [-0.4, -0.2) is 55.2 Å². The number of aliphatic hydroxyl groups excluding tert-OH is 2. The van der Waals surface area contributed by atoms with Crippen molar-refractivity contribution in [3.8, 4) is 28.0 Å². The lowest BCUT2D eigenvalue weighted by atomic mass is 9.81. The molecule has 0 aromatic heterocycles. The van der Waals surface area contributed by atoms with Crippen molar-refractivity contribution >= 4 is 11.9 Å². The quantitative estimate of drug-likeness (QED) is 0.0621. The minimum Gasteiger partial charge on any atom is -0.493 e. The molecule has 0 aliphatic carbocycles. The van der Waals surface area contributed by atoms with Gasteiger partial charge in [-0.1, -0.05) is 88.4 Å². The molecule has 0 amide bonds. The van der Waals surface area contributed by atoms with Crippen molar-refractivity contribution in [3.05, 3.63) is 102 Å². The predicted molar refractivity (Wildman–Crippen MR) is 201 cm³/mol. The van der Waals surface area contributed by atoms with Gasteiger partial charge in [0.15, 0.2) is 0 Å². The first-order valence-corrected chi connectivity index (χ1v) is 17.9. The Morgan fingerprint density at radius 1 is 0.680 bits per heavy atom. The van der Waals surface area contributed by atoms with E-state index in [9.17, 15) is 19.8 Å². The Hall–Kier alpha value is -4.20. The van der Waals surface area contributed by atoms with Crippen LogP contribution >= 0.6 is 0 Å². The van der Waals surface area contributed by atoms with Gasteiger partial charge in [-0.3, -0.25) is 0 Å². The fourth-order valence-corrected chi connectivity index (χ4v) is 5.96. The van der Waals surface area contributed by atoms with Gasteiger partial charge in [0.1, 0.15) is 5.75 Å². The van der Waals surface area contributed by atoms with E-state index in [2.05, 4.69) is 69.5 Å². The van der Waals surface area contributed by atoms with Gasteiger partial charge in [-0.2, -0.15) is 0 Å². The summed E-state index contributed by atoms with van der Waals surface area (Å²) in [6.07, 6.45) is 6.26. The van der Waals surface area contributed by atoms with Gasteiger partial charge in [0.25, 0.3) is 0 Å². The third kappa shape index (κ3) is 11.7. The zero-order valence-electron chi connectivity index (χ0n) is 30.5. The number of unbranched alkanes of at least 4 members (excludes halogenated alkanes) is 1. The van der Waals surface area contributed by atoms with Gasteiger partial charge in [0, 0.05) is 16.6 Å². The Kier molecular flexibility index (Phi) is 16.5. The fraction of sp³-hybridized carbons (Fsp3) is 0.442. The number of benzene rings is 3. The molecule has 0 saturated heterocycles. The normalized spacial score (nSPS) is 11.2. The Labute approximate surface area is 299 Å². The Morgan fingerprint density at radius 3 is 1.74 bits per heavy atom. The second-order valence-corrected chi connectivity index (χ2v) is 13.3. The lowest BCUT2D eigenvalue weighted by Gasteiger charge is -2.30. The molecule has 270 valence electrons. The maximum absolute atomic E-state index is 12.1. The maximum atomic E-state index is 12.1. The summed E-state index contributed by atoms with van der Waals surface area (Å²) in [5, 5.41) is 20.5. The zero-order valence-corrected chi connectivity index (χ0v) is 30.5. The van der Waals surface area contributed by atoms with Gasteiger partial charge < -0.3 is 24.4 Å². The molecular formula is C43H56O7. The summed E-state index contributed by atoms with van der Waals surface area (Å²) >= 11 is 0. The van der Waals surface area contributed by atoms with Gasteiger partial charge >= 0.3 is 11.9 Å². The Morgan fingerprint density at radius 2 is 1.24 bits per heavy atom. The first kappa shape index (κ1) is 40.2. The van der Waals surface area contributed by atoms with Crippen LogP contribution < -0.4 is 4.74 Å². The summed E-state index contributed by atoms with van der Waals surface area (Å²) in [5.41, 5.74) is 7.76. The Balaban J connectivity index is 2.05. The number of aryl methyl sites for hydroxylation is 3. The number of carbonyl (C=O) groups excluding carboxylic acids is 2. The first-order chi connectivity index (χ1) is 24.1. The minimum absolute atomic E-state index is 0.119. The average Bonchev–Trinajstić information content (AvgIpc) is 3.13. The second kappa shape index (κ2) is 20.5. The predicted octanol–water partition coefficient (Wildman–Crippen LogP) is 8.62. The summed E-state index contributed by atoms with van der Waals surface area (Å²) in [6.45, 7) is 15.4. The van der Waals surface area contributed by atoms with Crippen molar-refractivity contribution in [1.82, 2.24) is 0 Å². The van der Waals surface area contributed by atoms with E-state index in [-0.39, 0.29) is 26.4 Å². The highest BCUT2D eigenvalue weighted by Gasteiger charge is 2.28. The molecule has 0 saturated carbocycles. The molecular weight excluding hydrogens is 628 g/mol. The van der Waals surface area contributed by atoms with E-state index in [1.807, 2.05) is 18.2 Å². The maximum Gasteiger partial charge on any atom is 0.333 e. The molecule has 2 N–H and O–H groups in total. The number of hydrogen-bond acceptors (Lipinski definition) is 7. The Bertz CT molecular complexity index is 1510. The van der Waals surface area contributed by atoms with Crippen molar-refractivity contribution in [2.24, 2.45) is 5.41 Å². The topological polar surface area (TPSA) is 102 Å². The molecule has 0 fully saturated rings. The molecule has 0 radical (unpaired) electrons. The highest BCUT2D eigenvalue weighted by Crippen LogP contribution is 2.37. The van der Waals surface area contributed by atoms with Crippen LogP contribution in [0.3, 0.4) is 0 Å². The van der Waals surface area contributed by atoms with Crippen LogP contribution in [0.2, 0.25) is 0 Å². The van der Waals surface area contributed by atoms with Crippen molar-refractivity contribution in [2.75, 3.05) is 33.0 Å². The third-order valence-corrected chi connectivity index (χ3v) is 9.10. The average molecular weight is 685 g/mol. The fourth-order valence-electron chi connectivity index (χ4n) is 5.96. The van der Waals surface area contributed by atoms with E-state index in [0.29, 0.717) is 56.3 Å². The molecule has 0 aliphatic rings. The van der Waals surface area contributed by atoms with E-state index < -0.39 is 17.4 Å². The summed E-state index contributed by atoms with van der Waals surface area (Å²) < 4.78 is 17.4. The van der Waals surface area contributed by atoms with E-state index in [1.165, 1.54) is 5.56 Å². The van der Waals surface area contributed by atoms with E-state index in [0.717, 1.165) is 58.4 Å². The van der Waals surface area contributed by atoms with Gasteiger partial charge in [-0.15, -0.1) is 0 Å². The molecule has 0 spiro atoms. The molecule has 50 heavy (non-hydrogen) atoms. The van der Waals surface area contributed by atoms with Gasteiger partial charge in [-0.25, -0.2) is 9.59 Å². The van der Waals surface area contributed by atoms with Crippen LogP contribution in [0.25, 0.3) is 22.3 Å². The van der Waals surface area contributed by atoms with Crippen molar-refractivity contribution in [3.63, 3.8) is 0 Å². The second-order valence-electron chi connectivity index (χ2n) is 13.3. The SMILES string of the molecule is C=C(C)C(=O)OCCCc1cc(-c2ccc(-c3ccccc3)cc2CC)cc(CCCOC(=O)C(=C)C)c1OCCC(CO)(CO)CCCC. The van der Waals surface area contributed by atoms with E-state index in [4.69, 9.17) is 14.2 Å². The summed E-state index contributed by atoms with van der Waals surface area (Å²) in [5.74, 6) is -0.0871. The molecule has 0 atom stereocenters. The number of rotatable bonds is 22. The number of hydrogen-bond donors (Lipinski definition) is 2. The molecule has 3 aromatic rings. The lowest BCUT2D eigenvalue weighted by Crippen LogP contribution is -2.32. The highest BCUT2D eigenvalue weighted by molar-refractivity contribution is 5.87. The van der Waals surface area contributed by atoms with Crippen LogP contribution in [0.5, 0.6) is 5.75 Å².